The second kappa shape index (κ2) is 8.38. The third-order valence-electron chi connectivity index (χ3n) is 5.21. The summed E-state index contributed by atoms with van der Waals surface area (Å²) in [6, 6.07) is 9.22. The van der Waals surface area contributed by atoms with E-state index < -0.39 is 0 Å². The number of carbonyl (C=O) groups excluding carboxylic acids is 1. The van der Waals surface area contributed by atoms with Crippen molar-refractivity contribution in [1.29, 1.82) is 0 Å². The Balaban J connectivity index is 1.68. The number of halogens is 1. The highest BCUT2D eigenvalue weighted by Gasteiger charge is 2.30. The van der Waals surface area contributed by atoms with Gasteiger partial charge in [-0.2, -0.15) is 0 Å². The van der Waals surface area contributed by atoms with Gasteiger partial charge >= 0.3 is 0 Å². The van der Waals surface area contributed by atoms with Crippen molar-refractivity contribution in [3.8, 4) is 0 Å². The Morgan fingerprint density at radius 3 is 2.63 bits per heavy atom. The van der Waals surface area contributed by atoms with Crippen LogP contribution in [0.25, 0.3) is 0 Å². The van der Waals surface area contributed by atoms with Crippen LogP contribution in [0.2, 0.25) is 5.15 Å². The molecule has 7 nitrogen and oxygen atoms in total. The van der Waals surface area contributed by atoms with Crippen molar-refractivity contribution in [3.63, 3.8) is 0 Å². The fourth-order valence-corrected chi connectivity index (χ4v) is 3.78. The maximum Gasteiger partial charge on any atom is 0.261 e. The molecule has 0 aromatic carbocycles. The summed E-state index contributed by atoms with van der Waals surface area (Å²) in [6.45, 7) is 2.51. The van der Waals surface area contributed by atoms with Crippen molar-refractivity contribution < 1.29 is 9.90 Å². The molecule has 4 rings (SSSR count). The summed E-state index contributed by atoms with van der Waals surface area (Å²) in [7, 11) is 1.74. The molecule has 1 N–H and O–H groups in total. The van der Waals surface area contributed by atoms with E-state index in [2.05, 4.69) is 15.0 Å². The molecule has 0 unspecified atom stereocenters. The zero-order valence-electron chi connectivity index (χ0n) is 16.8. The zero-order chi connectivity index (χ0) is 21.3. The van der Waals surface area contributed by atoms with Crippen LogP contribution in [-0.2, 0) is 19.4 Å². The number of aryl methyl sites for hydroxylation is 2. The Morgan fingerprint density at radius 1 is 1.07 bits per heavy atom. The fraction of sp³-hybridized carbons (Fsp3) is 0.273. The van der Waals surface area contributed by atoms with Gasteiger partial charge in [-0.25, -0.2) is 9.97 Å². The molecule has 0 saturated carbocycles. The summed E-state index contributed by atoms with van der Waals surface area (Å²) in [5.74, 6) is 1.07. The van der Waals surface area contributed by atoms with Crippen LogP contribution in [0, 0.1) is 0 Å². The van der Waals surface area contributed by atoms with Crippen LogP contribution < -0.4 is 9.80 Å². The first-order valence-corrected chi connectivity index (χ1v) is 10.1. The molecule has 8 heteroatoms. The monoisotopic (exact) mass is 423 g/mol. The lowest BCUT2D eigenvalue weighted by atomic mass is 10.0. The first-order valence-electron chi connectivity index (χ1n) is 9.77. The van der Waals surface area contributed by atoms with E-state index in [1.807, 2.05) is 30.0 Å². The topological polar surface area (TPSA) is 82.4 Å². The van der Waals surface area contributed by atoms with Gasteiger partial charge in [-0.05, 0) is 61.2 Å². The number of pyridine rings is 3. The van der Waals surface area contributed by atoms with Crippen LogP contribution in [0.15, 0.2) is 42.7 Å². The molecule has 0 saturated heterocycles. The minimum atomic E-state index is -0.132. The Hall–Kier alpha value is -3.03. The van der Waals surface area contributed by atoms with E-state index in [9.17, 15) is 9.90 Å². The Labute approximate surface area is 180 Å². The minimum Gasteiger partial charge on any atom is -0.390 e. The molecule has 0 fully saturated rings. The summed E-state index contributed by atoms with van der Waals surface area (Å²) < 4.78 is 0. The summed E-state index contributed by atoms with van der Waals surface area (Å²) in [5.41, 5.74) is 3.92. The van der Waals surface area contributed by atoms with Crippen molar-refractivity contribution >= 4 is 34.8 Å². The van der Waals surface area contributed by atoms with Gasteiger partial charge in [-0.1, -0.05) is 11.6 Å². The molecule has 154 valence electrons. The Bertz CT molecular complexity index is 1100. The van der Waals surface area contributed by atoms with Gasteiger partial charge in [0.15, 0.2) is 5.82 Å². The maximum atomic E-state index is 13.2. The van der Waals surface area contributed by atoms with Crippen LogP contribution in [0.1, 0.15) is 34.1 Å². The highest BCUT2D eigenvalue weighted by atomic mass is 35.5. The third-order valence-corrected chi connectivity index (χ3v) is 5.42. The van der Waals surface area contributed by atoms with Crippen LogP contribution in [0.4, 0.5) is 17.3 Å². The van der Waals surface area contributed by atoms with E-state index in [4.69, 9.17) is 11.6 Å². The van der Waals surface area contributed by atoms with Crippen molar-refractivity contribution in [1.82, 2.24) is 15.0 Å². The maximum absolute atomic E-state index is 13.2. The first-order chi connectivity index (χ1) is 14.5. The highest BCUT2D eigenvalue weighted by Crippen LogP contribution is 2.38. The number of fused-ring (bicyclic) bond motifs is 2. The smallest absolute Gasteiger partial charge is 0.261 e. The summed E-state index contributed by atoms with van der Waals surface area (Å²) in [5, 5.41) is 9.64. The number of anilines is 3. The van der Waals surface area contributed by atoms with Gasteiger partial charge < -0.3 is 14.9 Å². The number of nitrogens with zero attached hydrogens (tertiary/aromatic N) is 5. The Kier molecular flexibility index (Phi) is 5.65. The molecule has 3 aromatic heterocycles. The van der Waals surface area contributed by atoms with Gasteiger partial charge in [0.05, 0.1) is 23.6 Å². The minimum absolute atomic E-state index is 0.0828. The first kappa shape index (κ1) is 20.3. The molecule has 0 atom stereocenters. The van der Waals surface area contributed by atoms with Crippen molar-refractivity contribution in [2.24, 2.45) is 0 Å². The lowest BCUT2D eigenvalue weighted by molar-refractivity contribution is 0.0994. The van der Waals surface area contributed by atoms with Gasteiger partial charge in [0.25, 0.3) is 5.91 Å². The number of aliphatic hydroxyl groups is 1. The number of aromatic nitrogens is 3. The molecule has 1 amide bonds. The van der Waals surface area contributed by atoms with Crippen molar-refractivity contribution in [2.75, 3.05) is 23.4 Å². The zero-order valence-corrected chi connectivity index (χ0v) is 17.6. The molecule has 30 heavy (non-hydrogen) atoms. The van der Waals surface area contributed by atoms with Gasteiger partial charge in [0, 0.05) is 26.0 Å². The molecule has 1 aliphatic heterocycles. The molecular formula is C22H22ClN5O2. The number of hydrogen-bond acceptors (Lipinski definition) is 6. The third kappa shape index (κ3) is 3.74. The number of carbonyl (C=O) groups is 1. The molecule has 0 aliphatic carbocycles. The second-order valence-electron chi connectivity index (χ2n) is 7.11. The predicted molar refractivity (Wildman–Crippen MR) is 116 cm³/mol. The molecular weight excluding hydrogens is 402 g/mol. The van der Waals surface area contributed by atoms with E-state index in [1.54, 1.807) is 36.5 Å². The van der Waals surface area contributed by atoms with Gasteiger partial charge in [0.1, 0.15) is 11.0 Å². The van der Waals surface area contributed by atoms with Gasteiger partial charge in [-0.15, -0.1) is 0 Å². The van der Waals surface area contributed by atoms with E-state index in [0.717, 1.165) is 24.0 Å². The number of hydrogen-bond donors (Lipinski definition) is 1. The molecule has 0 bridgehead atoms. The van der Waals surface area contributed by atoms with E-state index in [0.29, 0.717) is 40.3 Å². The number of aliphatic hydroxyl groups excluding tert-OH is 1. The molecule has 0 spiro atoms. The normalized spacial score (nSPS) is 13.1. The average molecular weight is 424 g/mol. The van der Waals surface area contributed by atoms with E-state index >= 15 is 0 Å². The number of rotatable bonds is 5. The predicted octanol–water partition coefficient (Wildman–Crippen LogP) is 3.55. The molecule has 1 aliphatic rings. The molecule has 0 radical (unpaired) electrons. The van der Waals surface area contributed by atoms with E-state index in [1.165, 1.54) is 0 Å². The Morgan fingerprint density at radius 2 is 1.87 bits per heavy atom. The van der Waals surface area contributed by atoms with Crippen LogP contribution in [0.3, 0.4) is 0 Å². The lowest BCUT2D eigenvalue weighted by Gasteiger charge is -2.23. The van der Waals surface area contributed by atoms with Crippen LogP contribution in [-0.4, -0.2) is 39.6 Å². The van der Waals surface area contributed by atoms with Crippen LogP contribution >= 0.6 is 11.6 Å². The van der Waals surface area contributed by atoms with Gasteiger partial charge in [0.2, 0.25) is 0 Å². The lowest BCUT2D eigenvalue weighted by Crippen LogP contribution is -2.25. The average Bonchev–Trinajstić information content (AvgIpc) is 2.85. The molecule has 4 heterocycles. The standard InChI is InChI=1S/C22H22ClN5O2/c1-3-28-20-17(22(30)27(2)18-6-7-19(23)26-21(18)28)11-15(12-25-20)5-4-14-8-9-24-16(10-14)13-29/h6-12,29H,3-5,13H2,1-2H3. The van der Waals surface area contributed by atoms with Gasteiger partial charge in [-0.3, -0.25) is 9.78 Å². The van der Waals surface area contributed by atoms with Crippen molar-refractivity contribution in [2.45, 2.75) is 26.4 Å². The summed E-state index contributed by atoms with van der Waals surface area (Å²) >= 11 is 6.13. The fourth-order valence-electron chi connectivity index (χ4n) is 3.64. The quantitative estimate of drug-likeness (QED) is 0.632. The largest absolute Gasteiger partial charge is 0.390 e. The number of amides is 1. The van der Waals surface area contributed by atoms with E-state index in [-0.39, 0.29) is 12.5 Å². The van der Waals surface area contributed by atoms with Crippen molar-refractivity contribution in [3.05, 3.63) is 70.3 Å². The highest BCUT2D eigenvalue weighted by molar-refractivity contribution is 6.29. The summed E-state index contributed by atoms with van der Waals surface area (Å²) in [4.78, 5) is 29.9. The van der Waals surface area contributed by atoms with Crippen LogP contribution in [0.5, 0.6) is 0 Å². The molecule has 3 aromatic rings. The summed E-state index contributed by atoms with van der Waals surface area (Å²) in [6.07, 6.45) is 4.98. The SMILES string of the molecule is CCN1c2ncc(CCc3ccnc(CO)c3)cc2C(=O)N(C)c2ccc(Cl)nc21. The second-order valence-corrected chi connectivity index (χ2v) is 7.50.